The van der Waals surface area contributed by atoms with Gasteiger partial charge in [-0.2, -0.15) is 0 Å². The second-order valence-electron chi connectivity index (χ2n) is 16.4. The number of nitrogens with zero attached hydrogens (tertiary/aromatic N) is 1. The van der Waals surface area contributed by atoms with Crippen molar-refractivity contribution in [3.8, 4) is 0 Å². The summed E-state index contributed by atoms with van der Waals surface area (Å²) in [6.07, 6.45) is -0.761. The molecule has 0 unspecified atom stereocenters. The average molecular weight is 722 g/mol. The van der Waals surface area contributed by atoms with Crippen LogP contribution in [0.2, 0.25) is 118 Å². The molecule has 0 fully saturated rings. The van der Waals surface area contributed by atoms with Gasteiger partial charge in [0, 0.05) is 0 Å². The minimum absolute atomic E-state index is 0.0572. The number of hydrogen-bond donors (Lipinski definition) is 0. The van der Waals surface area contributed by atoms with Gasteiger partial charge in [0.15, 0.2) is 49.9 Å². The second-order valence-corrected chi connectivity index (χ2v) is 45.3. The Kier molecular flexibility index (Phi) is 16.3. The molecule has 0 heterocycles. The Bertz CT molecular complexity index is 868. The molecule has 0 saturated heterocycles. The predicted molar refractivity (Wildman–Crippen MR) is 191 cm³/mol. The van der Waals surface area contributed by atoms with Gasteiger partial charge in [-0.25, -0.2) is 4.57 Å². The van der Waals surface area contributed by atoms with Gasteiger partial charge in [-0.05, 0) is 118 Å². The topological polar surface area (TPSA) is 103 Å². The zero-order valence-electron chi connectivity index (χ0n) is 30.2. The molecular weight excluding hydrogens is 658 g/mol. The Morgan fingerprint density at radius 2 is 0.952 bits per heavy atom. The van der Waals surface area contributed by atoms with E-state index in [1.165, 1.54) is 7.11 Å². The van der Waals surface area contributed by atoms with E-state index in [1.54, 1.807) is 6.21 Å². The van der Waals surface area contributed by atoms with E-state index in [2.05, 4.69) is 83.7 Å². The molecule has 17 heteroatoms. The van der Waals surface area contributed by atoms with Crippen LogP contribution in [0.3, 0.4) is 0 Å². The van der Waals surface area contributed by atoms with Gasteiger partial charge in [-0.3, -0.25) is 4.52 Å². The van der Waals surface area contributed by atoms with Gasteiger partial charge >= 0.3 is 7.82 Å². The van der Waals surface area contributed by atoms with Crippen LogP contribution in [0.4, 0.5) is 0 Å². The second kappa shape index (κ2) is 16.0. The van der Waals surface area contributed by atoms with Crippen LogP contribution in [0, 0.1) is 0 Å². The molecule has 0 bridgehead atoms. The van der Waals surface area contributed by atoms with Crippen LogP contribution >= 0.6 is 7.82 Å². The standard InChI is InChI=1S/C25H64NO9PSi6/c1-28-26-20-22(30-37(2,3)4)24(32-39(8,9)10)25(33-40(11,12)13)23(31-38(5,6)7)21-29-36(27,34-41(14,15)16)35-42(17,18)19/h20,22-25H,21H2,1-19H3/b26-20+/t22-,23-,24-,25-/m1/s1. The Labute approximate surface area is 264 Å². The Balaban J connectivity index is 7.13. The van der Waals surface area contributed by atoms with Crippen molar-refractivity contribution in [2.45, 2.75) is 142 Å². The third kappa shape index (κ3) is 21.5. The highest BCUT2D eigenvalue weighted by atomic mass is 31.2. The summed E-state index contributed by atoms with van der Waals surface area (Å²) >= 11 is 0. The summed E-state index contributed by atoms with van der Waals surface area (Å²) in [7, 11) is -15.7. The fourth-order valence-electron chi connectivity index (χ4n) is 3.76. The number of oxime groups is 1. The Morgan fingerprint density at radius 1 is 0.571 bits per heavy atom. The van der Waals surface area contributed by atoms with Gasteiger partial charge in [-0.1, -0.05) is 5.16 Å². The highest BCUT2D eigenvalue weighted by molar-refractivity contribution is 7.52. The number of phosphoric acid groups is 1. The van der Waals surface area contributed by atoms with E-state index >= 15 is 0 Å². The third-order valence-electron chi connectivity index (χ3n) is 4.47. The molecule has 0 aliphatic rings. The van der Waals surface area contributed by atoms with E-state index in [4.69, 9.17) is 35.5 Å². The van der Waals surface area contributed by atoms with Crippen molar-refractivity contribution in [1.29, 1.82) is 0 Å². The van der Waals surface area contributed by atoms with E-state index in [-0.39, 0.29) is 6.61 Å². The van der Waals surface area contributed by atoms with Gasteiger partial charge in [-0.15, -0.1) is 0 Å². The molecule has 10 nitrogen and oxygen atoms in total. The van der Waals surface area contributed by atoms with Crippen molar-refractivity contribution < 1.29 is 40.1 Å². The van der Waals surface area contributed by atoms with Gasteiger partial charge < -0.3 is 31.0 Å². The number of rotatable bonds is 20. The molecule has 0 amide bonds. The van der Waals surface area contributed by atoms with E-state index in [1.807, 2.05) is 39.3 Å². The summed E-state index contributed by atoms with van der Waals surface area (Å²) in [5, 5.41) is 4.11. The normalized spacial score (nSPS) is 17.8. The maximum absolute atomic E-state index is 14.1. The van der Waals surface area contributed by atoms with E-state index in [9.17, 15) is 4.57 Å². The molecule has 0 aromatic rings. The minimum Gasteiger partial charge on any atom is -0.410 e. The summed E-state index contributed by atoms with van der Waals surface area (Å²) in [5.74, 6) is 0. The van der Waals surface area contributed by atoms with Gasteiger partial charge in [0.2, 0.25) is 0 Å². The van der Waals surface area contributed by atoms with Crippen LogP contribution < -0.4 is 0 Å². The monoisotopic (exact) mass is 721 g/mol. The molecule has 0 aliphatic heterocycles. The minimum atomic E-state index is -3.91. The fraction of sp³-hybridized carbons (Fsp3) is 0.960. The maximum Gasteiger partial charge on any atom is 0.455 e. The number of hydrogen-bond acceptors (Lipinski definition) is 10. The molecule has 0 saturated carbocycles. The van der Waals surface area contributed by atoms with Crippen molar-refractivity contribution in [2.75, 3.05) is 13.7 Å². The lowest BCUT2D eigenvalue weighted by Gasteiger charge is -2.44. The van der Waals surface area contributed by atoms with E-state index in [0.29, 0.717) is 0 Å². The maximum atomic E-state index is 14.1. The first-order chi connectivity index (χ1) is 18.3. The van der Waals surface area contributed by atoms with Crippen molar-refractivity contribution in [3.63, 3.8) is 0 Å². The van der Waals surface area contributed by atoms with E-state index in [0.717, 1.165) is 0 Å². The molecule has 0 spiro atoms. The van der Waals surface area contributed by atoms with E-state index < -0.39 is 82.1 Å². The SMILES string of the molecule is CO/N=C/[C@@H](O[Si](C)(C)C)[C@@H](O[Si](C)(C)C)[C@H](O[Si](C)(C)C)[C@@H](COP(=O)(O[Si](C)(C)C)O[Si](C)(C)C)O[Si](C)(C)C. The first kappa shape index (κ1) is 42.7. The molecule has 4 atom stereocenters. The largest absolute Gasteiger partial charge is 0.455 e. The third-order valence-corrected chi connectivity index (χ3v) is 15.1. The predicted octanol–water partition coefficient (Wildman–Crippen LogP) is 8.33. The van der Waals surface area contributed by atoms with Gasteiger partial charge in [0.25, 0.3) is 0 Å². The van der Waals surface area contributed by atoms with Crippen LogP contribution in [0.1, 0.15) is 0 Å². The lowest BCUT2D eigenvalue weighted by molar-refractivity contribution is -0.0742. The van der Waals surface area contributed by atoms with Crippen LogP contribution in [-0.2, 0) is 40.1 Å². The molecule has 0 aromatic heterocycles. The Morgan fingerprint density at radius 3 is 1.29 bits per heavy atom. The average Bonchev–Trinajstić information content (AvgIpc) is 2.65. The molecule has 0 aromatic carbocycles. The summed E-state index contributed by atoms with van der Waals surface area (Å²) in [6.45, 7) is 37.2. The fourth-order valence-corrected chi connectivity index (χ4v) is 14.7. The van der Waals surface area contributed by atoms with Crippen molar-refractivity contribution >= 4 is 63.9 Å². The quantitative estimate of drug-likeness (QED) is 0.0531. The molecule has 0 aliphatic carbocycles. The van der Waals surface area contributed by atoms with Gasteiger partial charge in [0.05, 0.1) is 25.0 Å². The zero-order valence-corrected chi connectivity index (χ0v) is 37.1. The van der Waals surface area contributed by atoms with Crippen molar-refractivity contribution in [2.24, 2.45) is 5.16 Å². The highest BCUT2D eigenvalue weighted by Gasteiger charge is 2.46. The van der Waals surface area contributed by atoms with Gasteiger partial charge in [0.1, 0.15) is 19.3 Å². The summed E-state index contributed by atoms with van der Waals surface area (Å²) < 4.78 is 59.8. The molecule has 252 valence electrons. The van der Waals surface area contributed by atoms with Crippen LogP contribution in [0.5, 0.6) is 0 Å². The van der Waals surface area contributed by atoms with Crippen molar-refractivity contribution in [1.82, 2.24) is 0 Å². The van der Waals surface area contributed by atoms with Crippen molar-refractivity contribution in [3.05, 3.63) is 0 Å². The summed E-state index contributed by atoms with van der Waals surface area (Å²) in [5.41, 5.74) is 0. The lowest BCUT2D eigenvalue weighted by atomic mass is 10.0. The molecular formula is C25H64NO9PSi6. The highest BCUT2D eigenvalue weighted by Crippen LogP contribution is 2.54. The molecule has 42 heavy (non-hydrogen) atoms. The lowest BCUT2D eigenvalue weighted by Crippen LogP contribution is -2.59. The Hall–Kier alpha value is 0.721. The molecule has 0 radical (unpaired) electrons. The summed E-state index contributed by atoms with van der Waals surface area (Å²) in [6, 6.07) is 0. The first-order valence-corrected chi connectivity index (χ1v) is 36.7. The zero-order chi connectivity index (χ0) is 33.6. The van der Waals surface area contributed by atoms with Crippen LogP contribution in [0.15, 0.2) is 5.16 Å². The first-order valence-electron chi connectivity index (χ1n) is 14.8. The smallest absolute Gasteiger partial charge is 0.410 e. The van der Waals surface area contributed by atoms with Crippen LogP contribution in [0.25, 0.3) is 0 Å². The summed E-state index contributed by atoms with van der Waals surface area (Å²) in [4.78, 5) is 5.09. The molecule has 0 N–H and O–H groups in total. The van der Waals surface area contributed by atoms with Crippen LogP contribution in [-0.4, -0.2) is 94.3 Å². The molecule has 0 rings (SSSR count).